The highest BCUT2D eigenvalue weighted by Gasteiger charge is 2.24. The van der Waals surface area contributed by atoms with E-state index in [4.69, 9.17) is 0 Å². The van der Waals surface area contributed by atoms with Gasteiger partial charge >= 0.3 is 0 Å². The van der Waals surface area contributed by atoms with E-state index in [0.29, 0.717) is 0 Å². The number of halogens is 1. The first-order valence-electron chi connectivity index (χ1n) is 3.60. The first-order valence-corrected chi connectivity index (χ1v) is 3.60. The second-order valence-corrected chi connectivity index (χ2v) is 3.64. The minimum Gasteiger partial charge on any atom is -1.00 e. The molecule has 2 nitrogen and oxygen atoms in total. The smallest absolute Gasteiger partial charge is 0.105 e. The maximum Gasteiger partial charge on any atom is 0.105 e. The number of likely N-dealkylation sites (N-methyl/N-ethyl adjacent to an activating group) is 1. The van der Waals surface area contributed by atoms with Crippen molar-refractivity contribution in [2.45, 2.75) is 18.9 Å². The molecule has 1 atom stereocenters. The lowest BCUT2D eigenvalue weighted by Gasteiger charge is -2.35. The zero-order valence-electron chi connectivity index (χ0n) is 6.68. The largest absolute Gasteiger partial charge is 1.00 e. The van der Waals surface area contributed by atoms with Crippen LogP contribution < -0.4 is 12.4 Å². The Kier molecular flexibility index (Phi) is 3.63. The Bertz CT molecular complexity index is 106. The summed E-state index contributed by atoms with van der Waals surface area (Å²) in [6.07, 6.45) is 2.13. The van der Waals surface area contributed by atoms with E-state index in [-0.39, 0.29) is 18.5 Å². The fraction of sp³-hybridized carbons (Fsp3) is 1.00. The molecule has 0 aromatic heterocycles. The predicted octanol–water partition coefficient (Wildman–Crippen LogP) is -2.78. The average molecular weight is 166 g/mol. The van der Waals surface area contributed by atoms with Gasteiger partial charge in [0.25, 0.3) is 0 Å². The summed E-state index contributed by atoms with van der Waals surface area (Å²) in [6.45, 7) is 2.15. The third-order valence-electron chi connectivity index (χ3n) is 2.01. The lowest BCUT2D eigenvalue weighted by Crippen LogP contribution is -3.00. The minimum atomic E-state index is -0.0475. The molecule has 1 aliphatic heterocycles. The predicted molar refractivity (Wildman–Crippen MR) is 37.1 cm³/mol. The van der Waals surface area contributed by atoms with Gasteiger partial charge in [0, 0.05) is 0 Å². The molecule has 0 spiro atoms. The van der Waals surface area contributed by atoms with Crippen molar-refractivity contribution in [2.75, 3.05) is 27.2 Å². The number of piperidine rings is 1. The summed E-state index contributed by atoms with van der Waals surface area (Å²) in [5.74, 6) is 0. The topological polar surface area (TPSA) is 20.2 Å². The molecule has 0 aliphatic carbocycles. The van der Waals surface area contributed by atoms with E-state index in [1.165, 1.54) is 13.0 Å². The van der Waals surface area contributed by atoms with Crippen molar-refractivity contribution in [3.05, 3.63) is 0 Å². The molecule has 0 saturated carbocycles. The normalized spacial score (nSPS) is 30.9. The summed E-state index contributed by atoms with van der Waals surface area (Å²) in [7, 11) is 4.34. The van der Waals surface area contributed by atoms with Crippen LogP contribution in [0.15, 0.2) is 0 Å². The molecular weight excluding hydrogens is 150 g/mol. The summed E-state index contributed by atoms with van der Waals surface area (Å²) in [4.78, 5) is 0. The van der Waals surface area contributed by atoms with Gasteiger partial charge in [-0.25, -0.2) is 0 Å². The van der Waals surface area contributed by atoms with Gasteiger partial charge in [-0.05, 0) is 12.8 Å². The quantitative estimate of drug-likeness (QED) is 0.385. The third-order valence-corrected chi connectivity index (χ3v) is 2.01. The molecule has 0 aromatic rings. The van der Waals surface area contributed by atoms with E-state index >= 15 is 0 Å². The number of hydrogen-bond donors (Lipinski definition) is 1. The Morgan fingerprint density at radius 2 is 2.00 bits per heavy atom. The summed E-state index contributed by atoms with van der Waals surface area (Å²) in [5.41, 5.74) is 0. The molecule has 10 heavy (non-hydrogen) atoms. The average Bonchev–Trinajstić information content (AvgIpc) is 1.60. The molecule has 0 bridgehead atoms. The van der Waals surface area contributed by atoms with Crippen LogP contribution in [0, 0.1) is 0 Å². The maximum atomic E-state index is 9.23. The van der Waals surface area contributed by atoms with Gasteiger partial charge in [-0.3, -0.25) is 0 Å². The molecule has 0 aromatic carbocycles. The van der Waals surface area contributed by atoms with Crippen LogP contribution in [-0.2, 0) is 0 Å². The fourth-order valence-corrected chi connectivity index (χ4v) is 1.51. The van der Waals surface area contributed by atoms with Crippen molar-refractivity contribution in [1.29, 1.82) is 0 Å². The van der Waals surface area contributed by atoms with E-state index < -0.39 is 0 Å². The molecule has 0 radical (unpaired) electrons. The number of quaternary nitrogens is 1. The van der Waals surface area contributed by atoms with Gasteiger partial charge in [0.05, 0.1) is 20.6 Å². The highest BCUT2D eigenvalue weighted by molar-refractivity contribution is 4.59. The molecule has 1 aliphatic rings. The molecule has 62 valence electrons. The van der Waals surface area contributed by atoms with Crippen molar-refractivity contribution in [1.82, 2.24) is 0 Å². The highest BCUT2D eigenvalue weighted by Crippen LogP contribution is 2.13. The second-order valence-electron chi connectivity index (χ2n) is 3.64. The number of rotatable bonds is 0. The maximum absolute atomic E-state index is 9.23. The summed E-state index contributed by atoms with van der Waals surface area (Å²) < 4.78 is 0.987. The molecule has 3 heteroatoms. The number of aliphatic hydroxyl groups excluding tert-OH is 1. The Labute approximate surface area is 68.8 Å². The van der Waals surface area contributed by atoms with Gasteiger partial charge in [-0.1, -0.05) is 0 Å². The van der Waals surface area contributed by atoms with Crippen LogP contribution in [0.4, 0.5) is 0 Å². The van der Waals surface area contributed by atoms with Crippen LogP contribution in [0.5, 0.6) is 0 Å². The summed E-state index contributed by atoms with van der Waals surface area (Å²) in [6, 6.07) is 0. The Morgan fingerprint density at radius 1 is 1.40 bits per heavy atom. The zero-order valence-corrected chi connectivity index (χ0v) is 7.43. The molecule has 1 heterocycles. The SMILES string of the molecule is C[N+]1(C)CCCC(O)C1.[Cl-]. The Balaban J connectivity index is 0.000000810. The highest BCUT2D eigenvalue weighted by atomic mass is 35.5. The molecule has 1 N–H and O–H groups in total. The van der Waals surface area contributed by atoms with Crippen LogP contribution in [0.25, 0.3) is 0 Å². The summed E-state index contributed by atoms with van der Waals surface area (Å²) in [5, 5.41) is 9.23. The number of aliphatic hydroxyl groups is 1. The minimum absolute atomic E-state index is 0. The van der Waals surface area contributed by atoms with E-state index in [1.807, 2.05) is 0 Å². The first kappa shape index (κ1) is 10.2. The van der Waals surface area contributed by atoms with Gasteiger partial charge in [-0.2, -0.15) is 0 Å². The summed E-state index contributed by atoms with van der Waals surface area (Å²) >= 11 is 0. The fourth-order valence-electron chi connectivity index (χ4n) is 1.51. The van der Waals surface area contributed by atoms with Crippen LogP contribution in [0.2, 0.25) is 0 Å². The van der Waals surface area contributed by atoms with Gasteiger partial charge < -0.3 is 22.0 Å². The molecule has 1 saturated heterocycles. The molecule has 1 rings (SSSR count). The van der Waals surface area contributed by atoms with Crippen LogP contribution in [-0.4, -0.2) is 42.9 Å². The molecule has 1 fully saturated rings. The first-order chi connectivity index (χ1) is 4.10. The number of nitrogens with zero attached hydrogens (tertiary/aromatic N) is 1. The van der Waals surface area contributed by atoms with Crippen molar-refractivity contribution in [3.63, 3.8) is 0 Å². The Hall–Kier alpha value is 0.210. The van der Waals surface area contributed by atoms with Gasteiger partial charge in [0.2, 0.25) is 0 Å². The van der Waals surface area contributed by atoms with Gasteiger partial charge in [0.1, 0.15) is 12.6 Å². The zero-order chi connectivity index (χ0) is 6.91. The number of hydrogen-bond acceptors (Lipinski definition) is 1. The monoisotopic (exact) mass is 165 g/mol. The lowest BCUT2D eigenvalue weighted by atomic mass is 10.1. The van der Waals surface area contributed by atoms with E-state index in [9.17, 15) is 5.11 Å². The van der Waals surface area contributed by atoms with Gasteiger partial charge in [-0.15, -0.1) is 0 Å². The van der Waals surface area contributed by atoms with Crippen molar-refractivity contribution in [3.8, 4) is 0 Å². The third kappa shape index (κ3) is 2.86. The van der Waals surface area contributed by atoms with Crippen molar-refractivity contribution < 1.29 is 22.0 Å². The van der Waals surface area contributed by atoms with Crippen LogP contribution in [0.1, 0.15) is 12.8 Å². The van der Waals surface area contributed by atoms with Crippen molar-refractivity contribution >= 4 is 0 Å². The van der Waals surface area contributed by atoms with Gasteiger partial charge in [0.15, 0.2) is 0 Å². The van der Waals surface area contributed by atoms with E-state index in [2.05, 4.69) is 14.1 Å². The molecular formula is C7H16ClNO. The number of likely N-dealkylation sites (tertiary alicyclic amines) is 1. The van der Waals surface area contributed by atoms with Crippen LogP contribution in [0.3, 0.4) is 0 Å². The van der Waals surface area contributed by atoms with Crippen molar-refractivity contribution in [2.24, 2.45) is 0 Å². The van der Waals surface area contributed by atoms with E-state index in [0.717, 1.165) is 17.4 Å². The lowest BCUT2D eigenvalue weighted by molar-refractivity contribution is -0.898. The van der Waals surface area contributed by atoms with E-state index in [1.54, 1.807) is 0 Å². The standard InChI is InChI=1S/C7H16NO.ClH/c1-8(2)5-3-4-7(9)6-8;/h7,9H,3-6H2,1-2H3;1H/q+1;/p-1. The Morgan fingerprint density at radius 3 is 2.30 bits per heavy atom. The molecule has 1 unspecified atom stereocenters. The molecule has 0 amide bonds. The van der Waals surface area contributed by atoms with Crippen LogP contribution >= 0.6 is 0 Å². The second kappa shape index (κ2) is 3.56.